The molecule has 0 aliphatic rings. The molecule has 0 aliphatic heterocycles. The van der Waals surface area contributed by atoms with Crippen molar-refractivity contribution in [1.82, 2.24) is 0 Å². The monoisotopic (exact) mass is 192 g/mol. The highest BCUT2D eigenvalue weighted by Crippen LogP contribution is 2.12. The summed E-state index contributed by atoms with van der Waals surface area (Å²) in [7, 11) is 1.61. The first kappa shape index (κ1) is 10.3. The number of hydrogen-bond acceptors (Lipinski definition) is 2. The first-order chi connectivity index (χ1) is 6.72. The van der Waals surface area contributed by atoms with Crippen LogP contribution in [0.5, 0.6) is 5.75 Å². The highest BCUT2D eigenvalue weighted by molar-refractivity contribution is 5.70. The molecule has 0 amide bonds. The van der Waals surface area contributed by atoms with E-state index < -0.39 is 5.97 Å². The van der Waals surface area contributed by atoms with Gasteiger partial charge in [0, 0.05) is 0 Å². The lowest BCUT2D eigenvalue weighted by molar-refractivity contribution is -0.135. The van der Waals surface area contributed by atoms with E-state index in [9.17, 15) is 4.79 Å². The maximum absolute atomic E-state index is 10.2. The lowest BCUT2D eigenvalue weighted by Crippen LogP contribution is -1.89. The molecular formula is C11H12O3. The minimum atomic E-state index is -0.824. The van der Waals surface area contributed by atoms with E-state index in [0.717, 1.165) is 11.3 Å². The molecule has 0 saturated heterocycles. The third kappa shape index (κ3) is 3.31. The lowest BCUT2D eigenvalue weighted by atomic mass is 10.2. The predicted molar refractivity (Wildman–Crippen MR) is 54.3 cm³/mol. The molecule has 0 spiro atoms. The van der Waals surface area contributed by atoms with Crippen LogP contribution < -0.4 is 4.74 Å². The molecule has 1 aromatic rings. The smallest absolute Gasteiger partial charge is 0.307 e. The molecule has 0 radical (unpaired) electrons. The highest BCUT2D eigenvalue weighted by atomic mass is 16.5. The van der Waals surface area contributed by atoms with Gasteiger partial charge >= 0.3 is 5.97 Å². The first-order valence-electron chi connectivity index (χ1n) is 4.25. The molecule has 0 atom stereocenters. The third-order valence-electron chi connectivity index (χ3n) is 1.72. The van der Waals surface area contributed by atoms with Crippen molar-refractivity contribution in [1.29, 1.82) is 0 Å². The average molecular weight is 192 g/mol. The average Bonchev–Trinajstić information content (AvgIpc) is 2.18. The van der Waals surface area contributed by atoms with Crippen LogP contribution in [-0.2, 0) is 4.79 Å². The van der Waals surface area contributed by atoms with Gasteiger partial charge in [-0.15, -0.1) is 0 Å². The fourth-order valence-electron chi connectivity index (χ4n) is 1.01. The standard InChI is InChI=1S/C11H12O3/c1-14-10-7-5-9(6-8-10)3-2-4-11(12)13/h2-3,5-8H,4H2,1H3,(H,12,13). The topological polar surface area (TPSA) is 46.5 Å². The summed E-state index contributed by atoms with van der Waals surface area (Å²) in [5, 5.41) is 8.40. The van der Waals surface area contributed by atoms with Gasteiger partial charge in [0.15, 0.2) is 0 Å². The maximum atomic E-state index is 10.2. The van der Waals surface area contributed by atoms with Crippen LogP contribution in [0.2, 0.25) is 0 Å². The van der Waals surface area contributed by atoms with E-state index in [1.165, 1.54) is 0 Å². The molecule has 0 unspecified atom stereocenters. The SMILES string of the molecule is COc1ccc(C=CCC(=O)O)cc1. The van der Waals surface area contributed by atoms with Crippen LogP contribution in [0.25, 0.3) is 6.08 Å². The molecule has 0 fully saturated rings. The van der Waals surface area contributed by atoms with Crippen LogP contribution in [0.1, 0.15) is 12.0 Å². The van der Waals surface area contributed by atoms with Crippen LogP contribution in [-0.4, -0.2) is 18.2 Å². The second-order valence-electron chi connectivity index (χ2n) is 2.77. The van der Waals surface area contributed by atoms with Crippen molar-refractivity contribution in [2.75, 3.05) is 7.11 Å². The highest BCUT2D eigenvalue weighted by Gasteiger charge is 1.91. The van der Waals surface area contributed by atoms with Gasteiger partial charge in [-0.05, 0) is 17.7 Å². The molecule has 0 bridgehead atoms. The molecule has 1 aromatic carbocycles. The quantitative estimate of drug-likeness (QED) is 0.795. The van der Waals surface area contributed by atoms with E-state index in [2.05, 4.69) is 0 Å². The molecule has 3 heteroatoms. The number of carboxylic acids is 1. The Morgan fingerprint density at radius 3 is 2.57 bits per heavy atom. The molecule has 0 aliphatic carbocycles. The van der Waals surface area contributed by atoms with E-state index in [0.29, 0.717) is 0 Å². The number of methoxy groups -OCH3 is 1. The zero-order valence-electron chi connectivity index (χ0n) is 7.93. The molecule has 0 aromatic heterocycles. The van der Waals surface area contributed by atoms with Crippen LogP contribution >= 0.6 is 0 Å². The molecule has 0 heterocycles. The number of carboxylic acid groups (broad SMARTS) is 1. The Labute approximate surface area is 82.6 Å². The van der Waals surface area contributed by atoms with Crippen LogP contribution in [0.4, 0.5) is 0 Å². The van der Waals surface area contributed by atoms with Crippen LogP contribution in [0.3, 0.4) is 0 Å². The van der Waals surface area contributed by atoms with E-state index in [1.54, 1.807) is 19.3 Å². The van der Waals surface area contributed by atoms with Gasteiger partial charge in [0.25, 0.3) is 0 Å². The number of aliphatic carboxylic acids is 1. The van der Waals surface area contributed by atoms with Crippen molar-refractivity contribution >= 4 is 12.0 Å². The van der Waals surface area contributed by atoms with E-state index >= 15 is 0 Å². The van der Waals surface area contributed by atoms with Gasteiger partial charge in [-0.3, -0.25) is 4.79 Å². The van der Waals surface area contributed by atoms with Crippen molar-refractivity contribution in [2.24, 2.45) is 0 Å². The fraction of sp³-hybridized carbons (Fsp3) is 0.182. The van der Waals surface area contributed by atoms with Gasteiger partial charge in [0.1, 0.15) is 5.75 Å². The van der Waals surface area contributed by atoms with E-state index in [4.69, 9.17) is 9.84 Å². The lowest BCUT2D eigenvalue weighted by Gasteiger charge is -1.98. The Balaban J connectivity index is 2.59. The normalized spacial score (nSPS) is 10.4. The number of carbonyl (C=O) groups is 1. The Bertz CT molecular complexity index is 325. The van der Waals surface area contributed by atoms with Gasteiger partial charge in [-0.25, -0.2) is 0 Å². The molecule has 14 heavy (non-hydrogen) atoms. The molecule has 1 N–H and O–H groups in total. The second-order valence-corrected chi connectivity index (χ2v) is 2.77. The van der Waals surface area contributed by atoms with Crippen LogP contribution in [0.15, 0.2) is 30.3 Å². The minimum Gasteiger partial charge on any atom is -0.497 e. The van der Waals surface area contributed by atoms with Crippen molar-refractivity contribution in [3.05, 3.63) is 35.9 Å². The maximum Gasteiger partial charge on any atom is 0.307 e. The number of benzene rings is 1. The summed E-state index contributed by atoms with van der Waals surface area (Å²) in [4.78, 5) is 10.2. The van der Waals surface area contributed by atoms with Gasteiger partial charge in [0.2, 0.25) is 0 Å². The Hall–Kier alpha value is -1.77. The van der Waals surface area contributed by atoms with Gasteiger partial charge in [-0.1, -0.05) is 24.3 Å². The summed E-state index contributed by atoms with van der Waals surface area (Å²) in [5.74, 6) is -0.0323. The number of hydrogen-bond donors (Lipinski definition) is 1. The molecule has 0 saturated carbocycles. The Morgan fingerprint density at radius 2 is 2.07 bits per heavy atom. The third-order valence-corrected chi connectivity index (χ3v) is 1.72. The summed E-state index contributed by atoms with van der Waals surface area (Å²) in [6.45, 7) is 0. The van der Waals surface area contributed by atoms with Crippen molar-refractivity contribution in [2.45, 2.75) is 6.42 Å². The van der Waals surface area contributed by atoms with Gasteiger partial charge < -0.3 is 9.84 Å². The van der Waals surface area contributed by atoms with Crippen molar-refractivity contribution < 1.29 is 14.6 Å². The summed E-state index contributed by atoms with van der Waals surface area (Å²) in [6.07, 6.45) is 3.43. The molecule has 1 rings (SSSR count). The number of ether oxygens (including phenoxy) is 1. The minimum absolute atomic E-state index is 0.0476. The van der Waals surface area contributed by atoms with Crippen LogP contribution in [0, 0.1) is 0 Å². The van der Waals surface area contributed by atoms with Crippen molar-refractivity contribution in [3.8, 4) is 5.75 Å². The molecule has 3 nitrogen and oxygen atoms in total. The fourth-order valence-corrected chi connectivity index (χ4v) is 1.01. The summed E-state index contributed by atoms with van der Waals surface area (Å²) in [6, 6.07) is 7.41. The largest absolute Gasteiger partial charge is 0.497 e. The molecule has 74 valence electrons. The van der Waals surface area contributed by atoms with Crippen molar-refractivity contribution in [3.63, 3.8) is 0 Å². The Morgan fingerprint density at radius 1 is 1.43 bits per heavy atom. The Kier molecular flexibility index (Phi) is 3.73. The second kappa shape index (κ2) is 5.07. The number of rotatable bonds is 4. The van der Waals surface area contributed by atoms with E-state index in [-0.39, 0.29) is 6.42 Å². The van der Waals surface area contributed by atoms with Gasteiger partial charge in [0.05, 0.1) is 13.5 Å². The summed E-state index contributed by atoms with van der Waals surface area (Å²) < 4.78 is 4.99. The summed E-state index contributed by atoms with van der Waals surface area (Å²) >= 11 is 0. The zero-order valence-corrected chi connectivity index (χ0v) is 7.93. The summed E-state index contributed by atoms with van der Waals surface area (Å²) in [5.41, 5.74) is 0.965. The first-order valence-corrected chi connectivity index (χ1v) is 4.25. The zero-order chi connectivity index (χ0) is 10.4. The van der Waals surface area contributed by atoms with E-state index in [1.807, 2.05) is 24.3 Å². The molecular weight excluding hydrogens is 180 g/mol. The predicted octanol–water partition coefficient (Wildman–Crippen LogP) is 2.18. The van der Waals surface area contributed by atoms with Gasteiger partial charge in [-0.2, -0.15) is 0 Å².